The number of ether oxygens (including phenoxy) is 2. The van der Waals surface area contributed by atoms with Crippen LogP contribution in [0.3, 0.4) is 0 Å². The molecule has 140 valence electrons. The number of aromatic nitrogens is 1. The molecular weight excluding hydrogens is 356 g/mol. The van der Waals surface area contributed by atoms with E-state index >= 15 is 0 Å². The van der Waals surface area contributed by atoms with Crippen LogP contribution in [0.2, 0.25) is 0 Å². The largest absolute Gasteiger partial charge is 0.454 e. The summed E-state index contributed by atoms with van der Waals surface area (Å²) in [4.78, 5) is 25.1. The Hall–Kier alpha value is -3.67. The lowest BCUT2D eigenvalue weighted by atomic mass is 10.0. The van der Waals surface area contributed by atoms with Gasteiger partial charge in [-0.25, -0.2) is 0 Å². The van der Waals surface area contributed by atoms with Crippen molar-refractivity contribution in [2.75, 3.05) is 12.1 Å². The fourth-order valence-electron chi connectivity index (χ4n) is 2.96. The third kappa shape index (κ3) is 3.57. The number of carbonyl (C=O) groups is 2. The van der Waals surface area contributed by atoms with Gasteiger partial charge in [0, 0.05) is 41.9 Å². The number of ketones is 1. The lowest BCUT2D eigenvalue weighted by Gasteiger charge is -2.09. The Balaban J connectivity index is 1.45. The summed E-state index contributed by atoms with van der Waals surface area (Å²) in [5.41, 5.74) is 1.84. The van der Waals surface area contributed by atoms with E-state index in [0.29, 0.717) is 28.3 Å². The molecule has 1 aliphatic rings. The fraction of sp³-hybridized carbons (Fsp3) is 0.136. The molecule has 6 nitrogen and oxygen atoms in total. The van der Waals surface area contributed by atoms with Gasteiger partial charge in [-0.2, -0.15) is 4.57 Å². The van der Waals surface area contributed by atoms with E-state index in [1.807, 2.05) is 18.2 Å². The molecule has 4 rings (SSSR count). The van der Waals surface area contributed by atoms with Crippen LogP contribution in [0.5, 0.6) is 11.5 Å². The number of anilines is 1. The Kier molecular flexibility index (Phi) is 4.76. The first-order chi connectivity index (χ1) is 13.6. The van der Waals surface area contributed by atoms with E-state index in [2.05, 4.69) is 5.32 Å². The molecule has 0 unspecified atom stereocenters. The summed E-state index contributed by atoms with van der Waals surface area (Å²) >= 11 is 0. The summed E-state index contributed by atoms with van der Waals surface area (Å²) in [6, 6.07) is 17.4. The van der Waals surface area contributed by atoms with Crippen LogP contribution in [-0.2, 0) is 4.79 Å². The first kappa shape index (κ1) is 17.7. The van der Waals surface area contributed by atoms with Gasteiger partial charge in [0.05, 0.1) is 0 Å². The molecule has 2 aromatic carbocycles. The van der Waals surface area contributed by atoms with Gasteiger partial charge in [0.1, 0.15) is 0 Å². The number of fused-ring (bicyclic) bond motifs is 1. The number of nitrogens with zero attached hydrogens (tertiary/aromatic N) is 1. The summed E-state index contributed by atoms with van der Waals surface area (Å²) in [6.45, 7) is 1.98. The molecular formula is C22H19N2O4+. The molecule has 1 atom stereocenters. The number of nitrogens with one attached hydrogen (secondary N) is 1. The number of pyridine rings is 1. The summed E-state index contributed by atoms with van der Waals surface area (Å²) in [5, 5.41) is 2.87. The molecule has 0 spiro atoms. The van der Waals surface area contributed by atoms with Crippen LogP contribution < -0.4 is 19.4 Å². The van der Waals surface area contributed by atoms with Crippen LogP contribution >= 0.6 is 0 Å². The Morgan fingerprint density at radius 2 is 1.61 bits per heavy atom. The molecule has 3 aromatic rings. The fourth-order valence-corrected chi connectivity index (χ4v) is 2.96. The molecule has 1 aliphatic heterocycles. The Morgan fingerprint density at radius 1 is 0.929 bits per heavy atom. The topological polar surface area (TPSA) is 68.5 Å². The van der Waals surface area contributed by atoms with Gasteiger partial charge in [-0.05, 0) is 12.1 Å². The number of carbonyl (C=O) groups excluding carboxylic acids is 2. The number of hydrogen-bond donors (Lipinski definition) is 1. The second-order valence-electron chi connectivity index (χ2n) is 6.46. The zero-order valence-corrected chi connectivity index (χ0v) is 15.3. The van der Waals surface area contributed by atoms with Gasteiger partial charge in [0.25, 0.3) is 5.91 Å². The van der Waals surface area contributed by atoms with E-state index in [4.69, 9.17) is 9.47 Å². The summed E-state index contributed by atoms with van der Waals surface area (Å²) < 4.78 is 12.4. The van der Waals surface area contributed by atoms with E-state index < -0.39 is 6.04 Å². The SMILES string of the molecule is C[C@H](C(=O)Nc1ccc2c(c1)OCO2)[n+]1ccc(C(=O)c2ccccc2)cc1. The molecule has 1 N–H and O–H groups in total. The second kappa shape index (κ2) is 7.52. The maximum atomic E-state index is 12.6. The highest BCUT2D eigenvalue weighted by Gasteiger charge is 2.23. The molecule has 2 heterocycles. The lowest BCUT2D eigenvalue weighted by molar-refractivity contribution is -0.705. The van der Waals surface area contributed by atoms with Gasteiger partial charge in [0.2, 0.25) is 12.8 Å². The van der Waals surface area contributed by atoms with Crippen LogP contribution in [0, 0.1) is 0 Å². The average Bonchev–Trinajstić information content (AvgIpc) is 3.21. The summed E-state index contributed by atoms with van der Waals surface area (Å²) in [6.07, 6.45) is 3.47. The first-order valence-electron chi connectivity index (χ1n) is 8.93. The van der Waals surface area contributed by atoms with Crippen LogP contribution in [0.1, 0.15) is 28.9 Å². The molecule has 6 heteroatoms. The zero-order valence-electron chi connectivity index (χ0n) is 15.3. The monoisotopic (exact) mass is 375 g/mol. The van der Waals surface area contributed by atoms with Crippen molar-refractivity contribution in [1.82, 2.24) is 0 Å². The molecule has 1 aromatic heterocycles. The highest BCUT2D eigenvalue weighted by molar-refractivity contribution is 6.08. The van der Waals surface area contributed by atoms with Gasteiger partial charge < -0.3 is 14.8 Å². The van der Waals surface area contributed by atoms with Crippen molar-refractivity contribution in [2.45, 2.75) is 13.0 Å². The summed E-state index contributed by atoms with van der Waals surface area (Å²) in [7, 11) is 0. The first-order valence-corrected chi connectivity index (χ1v) is 8.93. The smallest absolute Gasteiger partial charge is 0.293 e. The third-order valence-corrected chi connectivity index (χ3v) is 4.62. The quantitative estimate of drug-likeness (QED) is 0.550. The van der Waals surface area contributed by atoms with Crippen LogP contribution in [0.4, 0.5) is 5.69 Å². The number of rotatable bonds is 5. The number of hydrogen-bond acceptors (Lipinski definition) is 4. The van der Waals surface area contributed by atoms with Gasteiger partial charge in [-0.1, -0.05) is 30.3 Å². The van der Waals surface area contributed by atoms with Crippen LogP contribution in [0.25, 0.3) is 0 Å². The van der Waals surface area contributed by atoms with Crippen LogP contribution in [0.15, 0.2) is 73.1 Å². The van der Waals surface area contributed by atoms with Crippen molar-refractivity contribution in [2.24, 2.45) is 0 Å². The van der Waals surface area contributed by atoms with Crippen molar-refractivity contribution in [3.8, 4) is 11.5 Å². The molecule has 0 radical (unpaired) electrons. The van der Waals surface area contributed by atoms with Crippen molar-refractivity contribution in [1.29, 1.82) is 0 Å². The molecule has 0 bridgehead atoms. The van der Waals surface area contributed by atoms with Crippen LogP contribution in [-0.4, -0.2) is 18.5 Å². The average molecular weight is 375 g/mol. The number of amides is 1. The lowest BCUT2D eigenvalue weighted by Crippen LogP contribution is -2.44. The van der Waals surface area contributed by atoms with Gasteiger partial charge >= 0.3 is 0 Å². The normalized spacial score (nSPS) is 13.0. The molecule has 1 amide bonds. The molecule has 0 fully saturated rings. The van der Waals surface area contributed by atoms with Gasteiger partial charge in [0.15, 0.2) is 29.7 Å². The number of benzene rings is 2. The molecule has 0 aliphatic carbocycles. The highest BCUT2D eigenvalue weighted by Crippen LogP contribution is 2.34. The standard InChI is InChI=1S/C22H18N2O4/c1-15(22(26)23-18-7-8-19-20(13-18)28-14-27-19)24-11-9-17(10-12-24)21(25)16-5-3-2-4-6-16/h2-13,15H,14H2,1H3/p+1/t15-/m1/s1. The van der Waals surface area contributed by atoms with E-state index in [1.165, 1.54) is 0 Å². The molecule has 0 saturated carbocycles. The molecule has 0 saturated heterocycles. The Morgan fingerprint density at radius 3 is 2.36 bits per heavy atom. The van der Waals surface area contributed by atoms with Crippen molar-refractivity contribution >= 4 is 17.4 Å². The van der Waals surface area contributed by atoms with Crippen molar-refractivity contribution < 1.29 is 23.6 Å². The minimum atomic E-state index is -0.452. The Bertz CT molecular complexity index is 1020. The van der Waals surface area contributed by atoms with E-state index in [1.54, 1.807) is 66.3 Å². The van der Waals surface area contributed by atoms with Gasteiger partial charge in [-0.3, -0.25) is 9.59 Å². The van der Waals surface area contributed by atoms with Gasteiger partial charge in [-0.15, -0.1) is 0 Å². The predicted octanol–water partition coefficient (Wildman–Crippen LogP) is 3.13. The zero-order chi connectivity index (χ0) is 19.5. The Labute approximate surface area is 162 Å². The highest BCUT2D eigenvalue weighted by atomic mass is 16.7. The molecule has 28 heavy (non-hydrogen) atoms. The maximum Gasteiger partial charge on any atom is 0.293 e. The van der Waals surface area contributed by atoms with E-state index in [9.17, 15) is 9.59 Å². The third-order valence-electron chi connectivity index (χ3n) is 4.62. The van der Waals surface area contributed by atoms with Crippen molar-refractivity contribution in [3.05, 3.63) is 84.2 Å². The summed E-state index contributed by atoms with van der Waals surface area (Å²) in [5.74, 6) is 1.05. The van der Waals surface area contributed by atoms with E-state index in [-0.39, 0.29) is 18.5 Å². The van der Waals surface area contributed by atoms with Crippen molar-refractivity contribution in [3.63, 3.8) is 0 Å². The minimum absolute atomic E-state index is 0.0507. The van der Waals surface area contributed by atoms with E-state index in [0.717, 1.165) is 0 Å². The predicted molar refractivity (Wildman–Crippen MR) is 102 cm³/mol. The maximum absolute atomic E-state index is 12.6. The minimum Gasteiger partial charge on any atom is -0.454 e. The second-order valence-corrected chi connectivity index (χ2v) is 6.46.